The highest BCUT2D eigenvalue weighted by molar-refractivity contribution is 6.33. The summed E-state index contributed by atoms with van der Waals surface area (Å²) in [5, 5.41) is 7.73. The Kier molecular flexibility index (Phi) is 2.51. The highest BCUT2D eigenvalue weighted by Gasteiger charge is 2.03. The van der Waals surface area contributed by atoms with Crippen molar-refractivity contribution in [3.63, 3.8) is 0 Å². The predicted molar refractivity (Wildman–Crippen MR) is 62.4 cm³/mol. The first-order valence-corrected chi connectivity index (χ1v) is 4.84. The molecule has 4 nitrogen and oxygen atoms in total. The lowest BCUT2D eigenvalue weighted by atomic mass is 10.2. The van der Waals surface area contributed by atoms with E-state index in [0.717, 1.165) is 11.4 Å². The van der Waals surface area contributed by atoms with Crippen LogP contribution in [0.2, 0.25) is 5.02 Å². The predicted octanol–water partition coefficient (Wildman–Crippen LogP) is 2.40. The molecule has 1 aromatic carbocycles. The Balaban J connectivity index is 2.28. The van der Waals surface area contributed by atoms with Gasteiger partial charge in [0.15, 0.2) is 0 Å². The number of benzene rings is 1. The summed E-state index contributed by atoms with van der Waals surface area (Å²) in [7, 11) is 1.85. The van der Waals surface area contributed by atoms with Crippen molar-refractivity contribution in [2.45, 2.75) is 0 Å². The minimum Gasteiger partial charge on any atom is -0.396 e. The number of nitrogens with two attached hydrogens (primary N) is 1. The number of aromatic nitrogens is 2. The summed E-state index contributed by atoms with van der Waals surface area (Å²) < 4.78 is 1.71. The summed E-state index contributed by atoms with van der Waals surface area (Å²) in [4.78, 5) is 0. The van der Waals surface area contributed by atoms with E-state index in [4.69, 9.17) is 17.3 Å². The van der Waals surface area contributed by atoms with E-state index >= 15 is 0 Å². The SMILES string of the molecule is Cn1cc(Nc2cccc(Cl)c2N)cn1. The van der Waals surface area contributed by atoms with E-state index in [2.05, 4.69) is 10.4 Å². The van der Waals surface area contributed by atoms with Crippen LogP contribution in [0.5, 0.6) is 0 Å². The van der Waals surface area contributed by atoms with E-state index in [-0.39, 0.29) is 0 Å². The maximum atomic E-state index is 5.90. The number of nitrogen functional groups attached to an aromatic ring is 1. The van der Waals surface area contributed by atoms with Crippen LogP contribution in [0.15, 0.2) is 30.6 Å². The lowest BCUT2D eigenvalue weighted by molar-refractivity contribution is 0.768. The minimum absolute atomic E-state index is 0.544. The monoisotopic (exact) mass is 222 g/mol. The molecule has 0 unspecified atom stereocenters. The number of hydrogen-bond donors (Lipinski definition) is 2. The normalized spacial score (nSPS) is 10.3. The van der Waals surface area contributed by atoms with E-state index in [1.54, 1.807) is 16.9 Å². The molecule has 0 radical (unpaired) electrons. The van der Waals surface area contributed by atoms with Crippen molar-refractivity contribution in [1.29, 1.82) is 0 Å². The fourth-order valence-corrected chi connectivity index (χ4v) is 1.46. The van der Waals surface area contributed by atoms with Crippen LogP contribution in [0.3, 0.4) is 0 Å². The molecule has 0 spiro atoms. The molecule has 0 saturated carbocycles. The summed E-state index contributed by atoms with van der Waals surface area (Å²) in [6.07, 6.45) is 3.58. The van der Waals surface area contributed by atoms with Crippen molar-refractivity contribution in [3.8, 4) is 0 Å². The molecule has 1 aromatic heterocycles. The van der Waals surface area contributed by atoms with Gasteiger partial charge in [-0.1, -0.05) is 17.7 Å². The van der Waals surface area contributed by atoms with Gasteiger partial charge in [0.25, 0.3) is 0 Å². The van der Waals surface area contributed by atoms with E-state index in [1.165, 1.54) is 0 Å². The molecular weight excluding hydrogens is 212 g/mol. The first-order chi connectivity index (χ1) is 7.16. The lowest BCUT2D eigenvalue weighted by Crippen LogP contribution is -1.95. The average Bonchev–Trinajstić information content (AvgIpc) is 2.59. The quantitative estimate of drug-likeness (QED) is 0.768. The Hall–Kier alpha value is -1.68. The van der Waals surface area contributed by atoms with Crippen LogP contribution in [0.1, 0.15) is 0 Å². The zero-order valence-corrected chi connectivity index (χ0v) is 8.99. The minimum atomic E-state index is 0.544. The molecule has 15 heavy (non-hydrogen) atoms. The molecule has 2 aromatic rings. The van der Waals surface area contributed by atoms with Gasteiger partial charge in [0.05, 0.1) is 28.3 Å². The molecule has 0 amide bonds. The van der Waals surface area contributed by atoms with Gasteiger partial charge in [0, 0.05) is 13.2 Å². The summed E-state index contributed by atoms with van der Waals surface area (Å²) >= 11 is 5.90. The van der Waals surface area contributed by atoms with Crippen molar-refractivity contribution in [3.05, 3.63) is 35.6 Å². The first-order valence-electron chi connectivity index (χ1n) is 4.46. The van der Waals surface area contributed by atoms with Crippen molar-refractivity contribution >= 4 is 28.7 Å². The number of hydrogen-bond acceptors (Lipinski definition) is 3. The van der Waals surface area contributed by atoms with Gasteiger partial charge >= 0.3 is 0 Å². The van der Waals surface area contributed by atoms with Gasteiger partial charge in [0.2, 0.25) is 0 Å². The van der Waals surface area contributed by atoms with E-state index in [1.807, 2.05) is 25.4 Å². The second-order valence-corrected chi connectivity index (χ2v) is 3.64. The molecule has 78 valence electrons. The fourth-order valence-electron chi connectivity index (χ4n) is 1.29. The van der Waals surface area contributed by atoms with Crippen LogP contribution >= 0.6 is 11.6 Å². The molecule has 0 aliphatic heterocycles. The van der Waals surface area contributed by atoms with Gasteiger partial charge in [-0.3, -0.25) is 4.68 Å². The van der Waals surface area contributed by atoms with Gasteiger partial charge < -0.3 is 11.1 Å². The van der Waals surface area contributed by atoms with E-state index in [9.17, 15) is 0 Å². The number of rotatable bonds is 2. The lowest BCUT2D eigenvalue weighted by Gasteiger charge is -2.07. The largest absolute Gasteiger partial charge is 0.396 e. The molecule has 5 heteroatoms. The summed E-state index contributed by atoms with van der Waals surface area (Å²) in [6, 6.07) is 5.47. The van der Waals surface area contributed by atoms with Crippen molar-refractivity contribution in [2.75, 3.05) is 11.1 Å². The molecule has 0 aliphatic rings. The third-order valence-electron chi connectivity index (χ3n) is 2.04. The number of para-hydroxylation sites is 1. The average molecular weight is 223 g/mol. The molecule has 0 atom stereocenters. The molecular formula is C10H11ClN4. The standard InChI is InChI=1S/C10H11ClN4/c1-15-6-7(5-13-15)14-9-4-2-3-8(11)10(9)12/h2-6,14H,12H2,1H3. The number of nitrogens with zero attached hydrogens (tertiary/aromatic N) is 2. The van der Waals surface area contributed by atoms with Gasteiger partial charge in [-0.2, -0.15) is 5.10 Å². The second kappa shape index (κ2) is 3.82. The molecule has 0 fully saturated rings. The first kappa shape index (κ1) is 9.86. The number of anilines is 3. The molecule has 0 saturated heterocycles. The molecule has 2 rings (SSSR count). The van der Waals surface area contributed by atoms with Crippen LogP contribution < -0.4 is 11.1 Å². The third-order valence-corrected chi connectivity index (χ3v) is 2.37. The summed E-state index contributed by atoms with van der Waals surface area (Å²) in [6.45, 7) is 0. The highest BCUT2D eigenvalue weighted by atomic mass is 35.5. The van der Waals surface area contributed by atoms with E-state index < -0.39 is 0 Å². The fraction of sp³-hybridized carbons (Fsp3) is 0.100. The number of aryl methyl sites for hydroxylation is 1. The zero-order chi connectivity index (χ0) is 10.8. The van der Waals surface area contributed by atoms with E-state index in [0.29, 0.717) is 10.7 Å². The number of nitrogens with one attached hydrogen (secondary N) is 1. The van der Waals surface area contributed by atoms with Crippen molar-refractivity contribution in [2.24, 2.45) is 7.05 Å². The van der Waals surface area contributed by atoms with Gasteiger partial charge in [-0.05, 0) is 12.1 Å². The maximum Gasteiger partial charge on any atom is 0.0770 e. The Labute approximate surface area is 92.7 Å². The number of halogens is 1. The van der Waals surface area contributed by atoms with Crippen molar-refractivity contribution < 1.29 is 0 Å². The third kappa shape index (κ3) is 2.05. The smallest absolute Gasteiger partial charge is 0.0770 e. The summed E-state index contributed by atoms with van der Waals surface area (Å²) in [5.41, 5.74) is 8.03. The Morgan fingerprint density at radius 2 is 2.27 bits per heavy atom. The van der Waals surface area contributed by atoms with Crippen LogP contribution in [0.25, 0.3) is 0 Å². The van der Waals surface area contributed by atoms with Crippen LogP contribution in [0, 0.1) is 0 Å². The van der Waals surface area contributed by atoms with Gasteiger partial charge in [-0.25, -0.2) is 0 Å². The van der Waals surface area contributed by atoms with Gasteiger partial charge in [0.1, 0.15) is 0 Å². The Morgan fingerprint density at radius 3 is 2.93 bits per heavy atom. The molecule has 0 aliphatic carbocycles. The topological polar surface area (TPSA) is 55.9 Å². The molecule has 3 N–H and O–H groups in total. The molecule has 1 heterocycles. The molecule has 0 bridgehead atoms. The second-order valence-electron chi connectivity index (χ2n) is 3.23. The van der Waals surface area contributed by atoms with Crippen molar-refractivity contribution in [1.82, 2.24) is 9.78 Å². The van der Waals surface area contributed by atoms with Crippen LogP contribution in [-0.4, -0.2) is 9.78 Å². The Bertz CT molecular complexity index is 478. The maximum absolute atomic E-state index is 5.90. The van der Waals surface area contributed by atoms with Crippen LogP contribution in [-0.2, 0) is 7.05 Å². The van der Waals surface area contributed by atoms with Gasteiger partial charge in [-0.15, -0.1) is 0 Å². The van der Waals surface area contributed by atoms with Crippen LogP contribution in [0.4, 0.5) is 17.1 Å². The highest BCUT2D eigenvalue weighted by Crippen LogP contribution is 2.28. The Morgan fingerprint density at radius 1 is 1.47 bits per heavy atom. The summed E-state index contributed by atoms with van der Waals surface area (Å²) in [5.74, 6) is 0. The zero-order valence-electron chi connectivity index (χ0n) is 8.24.